The van der Waals surface area contributed by atoms with Gasteiger partial charge in [-0.3, -0.25) is 9.59 Å². The molecule has 1 saturated carbocycles. The van der Waals surface area contributed by atoms with Crippen LogP contribution < -0.4 is 4.74 Å². The molecule has 0 aliphatic heterocycles. The number of aliphatic carboxylic acids is 1. The van der Waals surface area contributed by atoms with Crippen molar-refractivity contribution in [3.8, 4) is 5.75 Å². The summed E-state index contributed by atoms with van der Waals surface area (Å²) in [5, 5.41) is 8.97. The second-order valence-electron chi connectivity index (χ2n) is 5.47. The third-order valence-corrected chi connectivity index (χ3v) is 3.95. The van der Waals surface area contributed by atoms with E-state index in [1.54, 1.807) is 11.9 Å². The van der Waals surface area contributed by atoms with Crippen LogP contribution in [-0.2, 0) is 9.59 Å². The molecule has 21 heavy (non-hydrogen) atoms. The van der Waals surface area contributed by atoms with Gasteiger partial charge < -0.3 is 14.7 Å². The monoisotopic (exact) mass is 291 g/mol. The Morgan fingerprint density at radius 2 is 1.90 bits per heavy atom. The van der Waals surface area contributed by atoms with Crippen LogP contribution >= 0.6 is 0 Å². The zero-order valence-corrected chi connectivity index (χ0v) is 12.2. The fourth-order valence-corrected chi connectivity index (χ4v) is 2.67. The van der Waals surface area contributed by atoms with Gasteiger partial charge in [-0.25, -0.2) is 0 Å². The molecule has 2 rings (SSSR count). The van der Waals surface area contributed by atoms with Crippen molar-refractivity contribution in [2.45, 2.75) is 19.3 Å². The number of carboxylic acids is 1. The molecule has 0 spiro atoms. The molecule has 1 fully saturated rings. The Kier molecular flexibility index (Phi) is 5.20. The number of likely N-dealkylation sites (N-methyl/N-ethyl adjacent to an activating group) is 1. The van der Waals surface area contributed by atoms with Crippen molar-refractivity contribution in [1.29, 1.82) is 0 Å². The maximum absolute atomic E-state index is 12.2. The molecule has 0 saturated heterocycles. The average molecular weight is 291 g/mol. The van der Waals surface area contributed by atoms with Gasteiger partial charge in [0, 0.05) is 13.0 Å². The molecule has 1 aliphatic carbocycles. The van der Waals surface area contributed by atoms with E-state index in [0.717, 1.165) is 5.75 Å². The molecule has 2 unspecified atom stereocenters. The summed E-state index contributed by atoms with van der Waals surface area (Å²) in [7, 11) is 1.74. The number of para-hydroxylation sites is 1. The van der Waals surface area contributed by atoms with Crippen molar-refractivity contribution in [3.63, 3.8) is 0 Å². The van der Waals surface area contributed by atoms with Gasteiger partial charge in [-0.05, 0) is 31.4 Å². The lowest BCUT2D eigenvalue weighted by Crippen LogP contribution is -2.35. The minimum Gasteiger partial charge on any atom is -0.492 e. The van der Waals surface area contributed by atoms with Crippen LogP contribution in [0, 0.1) is 11.8 Å². The van der Waals surface area contributed by atoms with Crippen LogP contribution in [-0.4, -0.2) is 42.1 Å². The molecule has 0 radical (unpaired) electrons. The van der Waals surface area contributed by atoms with Crippen LogP contribution in [0.3, 0.4) is 0 Å². The molecule has 5 nitrogen and oxygen atoms in total. The second kappa shape index (κ2) is 7.11. The predicted octanol–water partition coefficient (Wildman–Crippen LogP) is 2.02. The van der Waals surface area contributed by atoms with E-state index in [1.165, 1.54) is 0 Å². The third-order valence-electron chi connectivity index (χ3n) is 3.95. The molecular weight excluding hydrogens is 270 g/mol. The van der Waals surface area contributed by atoms with Crippen LogP contribution in [0.25, 0.3) is 0 Å². The molecule has 1 aliphatic rings. The highest BCUT2D eigenvalue weighted by molar-refractivity contribution is 5.80. The number of benzene rings is 1. The standard InChI is InChI=1S/C16H21NO4/c1-17(9-10-21-14-5-3-2-4-6-14)15(18)12-7-8-13(11-12)16(19)20/h2-6,12-13H,7-11H2,1H3,(H,19,20). The number of rotatable bonds is 6. The number of amides is 1. The van der Waals surface area contributed by atoms with E-state index in [2.05, 4.69) is 0 Å². The van der Waals surface area contributed by atoms with Crippen LogP contribution in [0.15, 0.2) is 30.3 Å². The van der Waals surface area contributed by atoms with Crippen LogP contribution in [0.5, 0.6) is 5.75 Å². The van der Waals surface area contributed by atoms with Gasteiger partial charge >= 0.3 is 5.97 Å². The zero-order valence-electron chi connectivity index (χ0n) is 12.2. The average Bonchev–Trinajstić information content (AvgIpc) is 2.97. The Morgan fingerprint density at radius 3 is 2.52 bits per heavy atom. The quantitative estimate of drug-likeness (QED) is 0.871. The van der Waals surface area contributed by atoms with Gasteiger partial charge in [-0.15, -0.1) is 0 Å². The maximum atomic E-state index is 12.2. The van der Waals surface area contributed by atoms with E-state index >= 15 is 0 Å². The van der Waals surface area contributed by atoms with Crippen LogP contribution in [0.1, 0.15) is 19.3 Å². The van der Waals surface area contributed by atoms with Crippen molar-refractivity contribution < 1.29 is 19.4 Å². The van der Waals surface area contributed by atoms with Gasteiger partial charge in [0.25, 0.3) is 0 Å². The Morgan fingerprint density at radius 1 is 1.24 bits per heavy atom. The lowest BCUT2D eigenvalue weighted by Gasteiger charge is -2.21. The topological polar surface area (TPSA) is 66.8 Å². The molecule has 1 aromatic rings. The normalized spacial score (nSPS) is 21.0. The van der Waals surface area contributed by atoms with E-state index in [0.29, 0.717) is 32.4 Å². The van der Waals surface area contributed by atoms with E-state index < -0.39 is 5.97 Å². The zero-order chi connectivity index (χ0) is 15.2. The molecule has 1 aromatic carbocycles. The van der Waals surface area contributed by atoms with Crippen molar-refractivity contribution in [2.24, 2.45) is 11.8 Å². The Bertz CT molecular complexity index is 488. The number of ether oxygens (including phenoxy) is 1. The summed E-state index contributed by atoms with van der Waals surface area (Å²) in [5.74, 6) is -0.512. The molecule has 0 bridgehead atoms. The minimum atomic E-state index is -0.791. The summed E-state index contributed by atoms with van der Waals surface area (Å²) in [6, 6.07) is 9.46. The smallest absolute Gasteiger partial charge is 0.306 e. The first-order valence-electron chi connectivity index (χ1n) is 7.23. The van der Waals surface area contributed by atoms with Crippen molar-refractivity contribution in [3.05, 3.63) is 30.3 Å². The summed E-state index contributed by atoms with van der Waals surface area (Å²) in [6.45, 7) is 0.934. The summed E-state index contributed by atoms with van der Waals surface area (Å²) in [4.78, 5) is 24.8. The van der Waals surface area contributed by atoms with Gasteiger partial charge in [-0.1, -0.05) is 18.2 Å². The molecule has 1 N–H and O–H groups in total. The highest BCUT2D eigenvalue weighted by Gasteiger charge is 2.34. The first-order valence-corrected chi connectivity index (χ1v) is 7.23. The second-order valence-corrected chi connectivity index (χ2v) is 5.47. The van der Waals surface area contributed by atoms with E-state index in [-0.39, 0.29) is 17.7 Å². The Labute approximate surface area is 124 Å². The van der Waals surface area contributed by atoms with Crippen molar-refractivity contribution in [2.75, 3.05) is 20.2 Å². The number of carbonyl (C=O) groups is 2. The number of hydrogen-bond acceptors (Lipinski definition) is 3. The number of hydrogen-bond donors (Lipinski definition) is 1. The fraction of sp³-hybridized carbons (Fsp3) is 0.500. The minimum absolute atomic E-state index is 0.0235. The highest BCUT2D eigenvalue weighted by Crippen LogP contribution is 2.32. The molecule has 1 amide bonds. The van der Waals surface area contributed by atoms with Crippen LogP contribution in [0.2, 0.25) is 0 Å². The van der Waals surface area contributed by atoms with Crippen molar-refractivity contribution in [1.82, 2.24) is 4.90 Å². The first-order chi connectivity index (χ1) is 10.1. The summed E-state index contributed by atoms with van der Waals surface area (Å²) in [6.07, 6.45) is 1.72. The third kappa shape index (κ3) is 4.21. The van der Waals surface area contributed by atoms with Gasteiger partial charge in [0.05, 0.1) is 12.5 Å². The molecular formula is C16H21NO4. The lowest BCUT2D eigenvalue weighted by molar-refractivity contribution is -0.141. The summed E-state index contributed by atoms with van der Waals surface area (Å²) in [5.41, 5.74) is 0. The molecule has 114 valence electrons. The van der Waals surface area contributed by atoms with Gasteiger partial charge in [0.15, 0.2) is 0 Å². The van der Waals surface area contributed by atoms with E-state index in [1.807, 2.05) is 30.3 Å². The van der Waals surface area contributed by atoms with Gasteiger partial charge in [0.1, 0.15) is 12.4 Å². The fourth-order valence-electron chi connectivity index (χ4n) is 2.67. The predicted molar refractivity (Wildman–Crippen MR) is 78.0 cm³/mol. The summed E-state index contributed by atoms with van der Waals surface area (Å²) >= 11 is 0. The Balaban J connectivity index is 1.74. The Hall–Kier alpha value is -2.04. The first kappa shape index (κ1) is 15.4. The molecule has 5 heteroatoms. The maximum Gasteiger partial charge on any atom is 0.306 e. The molecule has 0 aromatic heterocycles. The molecule has 2 atom stereocenters. The number of carbonyl (C=O) groups excluding carboxylic acids is 1. The molecule has 0 heterocycles. The number of carboxylic acid groups (broad SMARTS) is 1. The van der Waals surface area contributed by atoms with Crippen molar-refractivity contribution >= 4 is 11.9 Å². The van der Waals surface area contributed by atoms with E-state index in [4.69, 9.17) is 9.84 Å². The van der Waals surface area contributed by atoms with Gasteiger partial charge in [-0.2, -0.15) is 0 Å². The SMILES string of the molecule is CN(CCOc1ccccc1)C(=O)C1CCC(C(=O)O)C1. The number of nitrogens with zero attached hydrogens (tertiary/aromatic N) is 1. The van der Waals surface area contributed by atoms with E-state index in [9.17, 15) is 9.59 Å². The highest BCUT2D eigenvalue weighted by atomic mass is 16.5. The summed E-state index contributed by atoms with van der Waals surface area (Å²) < 4.78 is 5.56. The van der Waals surface area contributed by atoms with Crippen LogP contribution in [0.4, 0.5) is 0 Å². The van der Waals surface area contributed by atoms with Gasteiger partial charge in [0.2, 0.25) is 5.91 Å². The lowest BCUT2D eigenvalue weighted by atomic mass is 10.0. The largest absolute Gasteiger partial charge is 0.492 e.